The molecule has 22 heavy (non-hydrogen) atoms. The van der Waals surface area contributed by atoms with Gasteiger partial charge in [0.25, 0.3) is 0 Å². The standard InChI is InChI=1S/C18H18ClNO2/c1-13-2-6-15(7-3-13)17(21)10-11-18(22)20-12-14-4-8-16(19)9-5-14/h2-9H,10-12H2,1H3,(H,20,22). The summed E-state index contributed by atoms with van der Waals surface area (Å²) < 4.78 is 0. The van der Waals surface area contributed by atoms with Crippen molar-refractivity contribution in [2.45, 2.75) is 26.3 Å². The number of carbonyl (C=O) groups excluding carboxylic acids is 2. The van der Waals surface area contributed by atoms with Crippen LogP contribution in [0.25, 0.3) is 0 Å². The summed E-state index contributed by atoms with van der Waals surface area (Å²) in [6.07, 6.45) is 0.413. The fourth-order valence-electron chi connectivity index (χ4n) is 2.00. The Morgan fingerprint density at radius 2 is 1.59 bits per heavy atom. The summed E-state index contributed by atoms with van der Waals surface area (Å²) in [5.41, 5.74) is 2.73. The van der Waals surface area contributed by atoms with Gasteiger partial charge in [0.1, 0.15) is 0 Å². The van der Waals surface area contributed by atoms with Crippen molar-refractivity contribution < 1.29 is 9.59 Å². The lowest BCUT2D eigenvalue weighted by molar-refractivity contribution is -0.121. The number of aryl methyl sites for hydroxylation is 1. The molecule has 0 atom stereocenters. The highest BCUT2D eigenvalue weighted by Gasteiger charge is 2.09. The molecule has 0 heterocycles. The topological polar surface area (TPSA) is 46.2 Å². The molecule has 2 rings (SSSR count). The van der Waals surface area contributed by atoms with Gasteiger partial charge in [0, 0.05) is 30.0 Å². The minimum absolute atomic E-state index is 0.0124. The second kappa shape index (κ2) is 7.76. The third-order valence-electron chi connectivity index (χ3n) is 3.36. The molecule has 0 aliphatic carbocycles. The monoisotopic (exact) mass is 315 g/mol. The quantitative estimate of drug-likeness (QED) is 0.821. The first kappa shape index (κ1) is 16.2. The molecule has 0 fully saturated rings. The zero-order chi connectivity index (χ0) is 15.9. The first-order valence-corrected chi connectivity index (χ1v) is 7.53. The van der Waals surface area contributed by atoms with E-state index in [9.17, 15) is 9.59 Å². The van der Waals surface area contributed by atoms with E-state index in [0.29, 0.717) is 17.1 Å². The van der Waals surface area contributed by atoms with Gasteiger partial charge in [0.05, 0.1) is 0 Å². The Morgan fingerprint density at radius 1 is 0.955 bits per heavy atom. The number of ketones is 1. The van der Waals surface area contributed by atoms with Gasteiger partial charge in [-0.25, -0.2) is 0 Å². The molecule has 1 amide bonds. The zero-order valence-corrected chi connectivity index (χ0v) is 13.2. The van der Waals surface area contributed by atoms with Gasteiger partial charge in [0.15, 0.2) is 5.78 Å². The van der Waals surface area contributed by atoms with Crippen LogP contribution in [0.1, 0.15) is 34.3 Å². The smallest absolute Gasteiger partial charge is 0.220 e. The molecule has 114 valence electrons. The van der Waals surface area contributed by atoms with Crippen LogP contribution in [-0.2, 0) is 11.3 Å². The number of halogens is 1. The van der Waals surface area contributed by atoms with E-state index in [1.165, 1.54) is 0 Å². The molecule has 0 unspecified atom stereocenters. The van der Waals surface area contributed by atoms with Crippen LogP contribution in [0, 0.1) is 6.92 Å². The number of amides is 1. The van der Waals surface area contributed by atoms with E-state index in [1.807, 2.05) is 31.2 Å². The van der Waals surface area contributed by atoms with Gasteiger partial charge in [-0.15, -0.1) is 0 Å². The molecule has 0 spiro atoms. The van der Waals surface area contributed by atoms with E-state index in [0.717, 1.165) is 11.1 Å². The highest BCUT2D eigenvalue weighted by atomic mass is 35.5. The summed E-state index contributed by atoms with van der Waals surface area (Å²) in [6.45, 7) is 2.41. The van der Waals surface area contributed by atoms with Crippen molar-refractivity contribution in [3.63, 3.8) is 0 Å². The maximum atomic E-state index is 12.0. The molecule has 2 aromatic rings. The third-order valence-corrected chi connectivity index (χ3v) is 3.61. The zero-order valence-electron chi connectivity index (χ0n) is 12.4. The van der Waals surface area contributed by atoms with Crippen molar-refractivity contribution in [2.24, 2.45) is 0 Å². The van der Waals surface area contributed by atoms with Crippen molar-refractivity contribution in [1.82, 2.24) is 5.32 Å². The molecular weight excluding hydrogens is 298 g/mol. The number of Topliss-reactive ketones (excluding diaryl/α,β-unsaturated/α-hetero) is 1. The summed E-state index contributed by atoms with van der Waals surface area (Å²) in [7, 11) is 0. The molecule has 0 aliphatic heterocycles. The highest BCUT2D eigenvalue weighted by Crippen LogP contribution is 2.10. The van der Waals surface area contributed by atoms with Gasteiger partial charge in [-0.1, -0.05) is 53.6 Å². The number of nitrogens with one attached hydrogen (secondary N) is 1. The lowest BCUT2D eigenvalue weighted by atomic mass is 10.0. The van der Waals surface area contributed by atoms with Crippen molar-refractivity contribution >= 4 is 23.3 Å². The molecule has 0 saturated heterocycles. The van der Waals surface area contributed by atoms with Gasteiger partial charge in [-0.2, -0.15) is 0 Å². The molecule has 2 aromatic carbocycles. The van der Waals surface area contributed by atoms with Gasteiger partial charge >= 0.3 is 0 Å². The van der Waals surface area contributed by atoms with E-state index < -0.39 is 0 Å². The van der Waals surface area contributed by atoms with Gasteiger partial charge in [-0.05, 0) is 24.6 Å². The van der Waals surface area contributed by atoms with Crippen LogP contribution < -0.4 is 5.32 Å². The molecule has 0 bridgehead atoms. The molecule has 3 nitrogen and oxygen atoms in total. The molecule has 0 aromatic heterocycles. The van der Waals surface area contributed by atoms with Crippen LogP contribution in [0.4, 0.5) is 0 Å². The molecule has 0 radical (unpaired) electrons. The fraction of sp³-hybridized carbons (Fsp3) is 0.222. The first-order chi connectivity index (χ1) is 10.5. The van der Waals surface area contributed by atoms with Gasteiger partial charge in [-0.3, -0.25) is 9.59 Å². The second-order valence-electron chi connectivity index (χ2n) is 5.19. The fourth-order valence-corrected chi connectivity index (χ4v) is 2.13. The average molecular weight is 316 g/mol. The number of rotatable bonds is 6. The number of hydrogen-bond acceptors (Lipinski definition) is 2. The Morgan fingerprint density at radius 3 is 2.23 bits per heavy atom. The summed E-state index contributed by atoms with van der Waals surface area (Å²) >= 11 is 5.80. The maximum Gasteiger partial charge on any atom is 0.220 e. The Labute approximate surface area is 135 Å². The SMILES string of the molecule is Cc1ccc(C(=O)CCC(=O)NCc2ccc(Cl)cc2)cc1. The summed E-state index contributed by atoms with van der Waals surface area (Å²) in [4.78, 5) is 23.8. The predicted molar refractivity (Wildman–Crippen MR) is 88.0 cm³/mol. The molecule has 1 N–H and O–H groups in total. The minimum atomic E-state index is -0.129. The van der Waals surface area contributed by atoms with Crippen molar-refractivity contribution in [2.75, 3.05) is 0 Å². The second-order valence-corrected chi connectivity index (χ2v) is 5.63. The van der Waals surface area contributed by atoms with E-state index in [4.69, 9.17) is 11.6 Å². The number of carbonyl (C=O) groups is 2. The van der Waals surface area contributed by atoms with Crippen molar-refractivity contribution in [3.05, 3.63) is 70.2 Å². The van der Waals surface area contributed by atoms with E-state index >= 15 is 0 Å². The average Bonchev–Trinajstić information content (AvgIpc) is 2.52. The van der Waals surface area contributed by atoms with E-state index in [1.54, 1.807) is 24.3 Å². The molecular formula is C18H18ClNO2. The maximum absolute atomic E-state index is 12.0. The summed E-state index contributed by atoms with van der Waals surface area (Å²) in [6, 6.07) is 14.7. The minimum Gasteiger partial charge on any atom is -0.352 e. The van der Waals surface area contributed by atoms with Crippen molar-refractivity contribution in [3.8, 4) is 0 Å². The predicted octanol–water partition coefficient (Wildman–Crippen LogP) is 3.93. The Balaban J connectivity index is 1.76. The molecule has 0 aliphatic rings. The lowest BCUT2D eigenvalue weighted by Crippen LogP contribution is -2.23. The third kappa shape index (κ3) is 5.01. The van der Waals surface area contributed by atoms with Gasteiger partial charge in [0.2, 0.25) is 5.91 Å². The van der Waals surface area contributed by atoms with Crippen LogP contribution >= 0.6 is 11.6 Å². The van der Waals surface area contributed by atoms with Crippen LogP contribution in [0.2, 0.25) is 5.02 Å². The first-order valence-electron chi connectivity index (χ1n) is 7.15. The summed E-state index contributed by atoms with van der Waals surface area (Å²) in [5.74, 6) is -0.142. The van der Waals surface area contributed by atoms with Crippen LogP contribution in [-0.4, -0.2) is 11.7 Å². The summed E-state index contributed by atoms with van der Waals surface area (Å²) in [5, 5.41) is 3.47. The van der Waals surface area contributed by atoms with E-state index in [2.05, 4.69) is 5.32 Å². The van der Waals surface area contributed by atoms with Crippen LogP contribution in [0.5, 0.6) is 0 Å². The Bertz CT molecular complexity index is 648. The molecule has 0 saturated carbocycles. The Kier molecular flexibility index (Phi) is 5.73. The lowest BCUT2D eigenvalue weighted by Gasteiger charge is -2.05. The highest BCUT2D eigenvalue weighted by molar-refractivity contribution is 6.30. The van der Waals surface area contributed by atoms with Crippen LogP contribution in [0.15, 0.2) is 48.5 Å². The van der Waals surface area contributed by atoms with Gasteiger partial charge < -0.3 is 5.32 Å². The van der Waals surface area contributed by atoms with E-state index in [-0.39, 0.29) is 24.5 Å². The molecule has 4 heteroatoms. The Hall–Kier alpha value is -2.13. The number of benzene rings is 2. The van der Waals surface area contributed by atoms with Crippen LogP contribution in [0.3, 0.4) is 0 Å². The normalized spacial score (nSPS) is 10.3. The largest absolute Gasteiger partial charge is 0.352 e. The van der Waals surface area contributed by atoms with Crippen molar-refractivity contribution in [1.29, 1.82) is 0 Å². The number of hydrogen-bond donors (Lipinski definition) is 1.